The predicted molar refractivity (Wildman–Crippen MR) is 215 cm³/mol. The molecule has 0 aliphatic carbocycles. The van der Waals surface area contributed by atoms with E-state index in [0.717, 1.165) is 83.8 Å². The van der Waals surface area contributed by atoms with Gasteiger partial charge in [-0.1, -0.05) is 170 Å². The highest BCUT2D eigenvalue weighted by molar-refractivity contribution is 6.14. The minimum absolute atomic E-state index is 0.912. The zero-order valence-electron chi connectivity index (χ0n) is 28.3. The van der Waals surface area contributed by atoms with Crippen molar-refractivity contribution in [1.82, 2.24) is 19.2 Å². The third-order valence-corrected chi connectivity index (χ3v) is 9.95. The Morgan fingerprint density at radius 3 is 1.60 bits per heavy atom. The van der Waals surface area contributed by atoms with Crippen LogP contribution in [0.4, 0.5) is 0 Å². The van der Waals surface area contributed by atoms with Crippen molar-refractivity contribution in [3.63, 3.8) is 0 Å². The van der Waals surface area contributed by atoms with Crippen LogP contribution in [0.2, 0.25) is 0 Å². The Morgan fingerprint density at radius 2 is 0.904 bits per heavy atom. The average Bonchev–Trinajstić information content (AvgIpc) is 3.82. The van der Waals surface area contributed by atoms with Crippen LogP contribution in [0, 0.1) is 0 Å². The van der Waals surface area contributed by atoms with Gasteiger partial charge in [0.2, 0.25) is 0 Å². The van der Waals surface area contributed by atoms with Gasteiger partial charge in [0, 0.05) is 38.9 Å². The molecule has 52 heavy (non-hydrogen) atoms. The van der Waals surface area contributed by atoms with Gasteiger partial charge in [-0.2, -0.15) is 5.10 Å². The van der Waals surface area contributed by atoms with E-state index in [1.165, 1.54) is 5.39 Å². The lowest BCUT2D eigenvalue weighted by Crippen LogP contribution is -2.00. The summed E-state index contributed by atoms with van der Waals surface area (Å²) < 4.78 is 4.45. The molecule has 0 N–H and O–H groups in total. The van der Waals surface area contributed by atoms with Crippen molar-refractivity contribution < 1.29 is 0 Å². The van der Waals surface area contributed by atoms with Crippen LogP contribution in [0.1, 0.15) is 0 Å². The van der Waals surface area contributed by atoms with Crippen LogP contribution in [-0.2, 0) is 0 Å². The van der Waals surface area contributed by atoms with Crippen molar-refractivity contribution in [3.05, 3.63) is 194 Å². The summed E-state index contributed by atoms with van der Waals surface area (Å²) in [6.07, 6.45) is 0. The summed E-state index contributed by atoms with van der Waals surface area (Å²) in [5.74, 6) is 0.912. The molecular weight excluding hydrogens is 633 g/mol. The molecule has 244 valence electrons. The van der Waals surface area contributed by atoms with E-state index in [0.29, 0.717) is 0 Å². The highest BCUT2D eigenvalue weighted by atomic mass is 15.2. The van der Waals surface area contributed by atoms with Gasteiger partial charge in [-0.05, 0) is 40.8 Å². The van der Waals surface area contributed by atoms with Crippen LogP contribution in [0.3, 0.4) is 0 Å². The Kier molecular flexibility index (Phi) is 7.10. The standard InChI is InChI=1S/C48H32N4/c1-5-17-33(18-6-1)44-45(35-19-7-2-8-20-35)50-52-46(36-21-9-3-10-22-36)43(39-25-13-14-26-40(39)47(44)52)34-29-31-37(32-30-34)48-49-41-27-15-16-28-42(41)51(48)38-23-11-4-12-24-38/h1-32H. The number of nitrogens with zero attached hydrogens (tertiary/aromatic N) is 4. The number of pyridine rings is 1. The van der Waals surface area contributed by atoms with Crippen molar-refractivity contribution >= 4 is 27.3 Å². The fourth-order valence-corrected chi connectivity index (χ4v) is 7.64. The summed E-state index contributed by atoms with van der Waals surface area (Å²) in [6.45, 7) is 0. The van der Waals surface area contributed by atoms with E-state index >= 15 is 0 Å². The van der Waals surface area contributed by atoms with Crippen molar-refractivity contribution in [2.75, 3.05) is 0 Å². The number of rotatable bonds is 6. The highest BCUT2D eigenvalue weighted by Gasteiger charge is 2.25. The van der Waals surface area contributed by atoms with Crippen molar-refractivity contribution in [1.29, 1.82) is 0 Å². The van der Waals surface area contributed by atoms with Crippen LogP contribution in [0.25, 0.3) is 89.2 Å². The molecule has 0 fully saturated rings. The Bertz CT molecular complexity index is 2850. The van der Waals surface area contributed by atoms with Crippen LogP contribution in [0.5, 0.6) is 0 Å². The van der Waals surface area contributed by atoms with E-state index in [1.54, 1.807) is 0 Å². The molecule has 0 saturated heterocycles. The third kappa shape index (κ3) is 4.84. The fourth-order valence-electron chi connectivity index (χ4n) is 7.64. The number of hydrogen-bond donors (Lipinski definition) is 0. The molecule has 0 aliphatic heterocycles. The van der Waals surface area contributed by atoms with E-state index in [4.69, 9.17) is 10.1 Å². The smallest absolute Gasteiger partial charge is 0.145 e. The van der Waals surface area contributed by atoms with Crippen LogP contribution in [-0.4, -0.2) is 19.2 Å². The normalized spacial score (nSPS) is 11.5. The van der Waals surface area contributed by atoms with Crippen LogP contribution >= 0.6 is 0 Å². The van der Waals surface area contributed by atoms with Gasteiger partial charge in [0.15, 0.2) is 0 Å². The Labute approximate surface area is 301 Å². The molecule has 10 aromatic rings. The number of fused-ring (bicyclic) bond motifs is 4. The molecule has 0 bridgehead atoms. The zero-order chi connectivity index (χ0) is 34.4. The first-order valence-corrected chi connectivity index (χ1v) is 17.6. The molecule has 3 aromatic heterocycles. The molecule has 0 atom stereocenters. The van der Waals surface area contributed by atoms with Gasteiger partial charge < -0.3 is 0 Å². The summed E-state index contributed by atoms with van der Waals surface area (Å²) in [5.41, 5.74) is 14.0. The summed E-state index contributed by atoms with van der Waals surface area (Å²) in [5, 5.41) is 7.84. The maximum absolute atomic E-state index is 5.51. The van der Waals surface area contributed by atoms with Gasteiger partial charge in [0.25, 0.3) is 0 Å². The average molecular weight is 665 g/mol. The van der Waals surface area contributed by atoms with Gasteiger partial charge >= 0.3 is 0 Å². The van der Waals surface area contributed by atoms with Crippen molar-refractivity contribution in [2.45, 2.75) is 0 Å². The lowest BCUT2D eigenvalue weighted by atomic mass is 9.91. The van der Waals surface area contributed by atoms with Gasteiger partial charge in [-0.15, -0.1) is 0 Å². The van der Waals surface area contributed by atoms with Crippen LogP contribution in [0.15, 0.2) is 194 Å². The quantitative estimate of drug-likeness (QED) is 0.177. The molecule has 4 heteroatoms. The SMILES string of the molecule is c1ccc(-c2nn3c(-c4ccccc4)c(-c4ccc(-c5nc6ccccc6n5-c5ccccc5)cc4)c4ccccc4c3c2-c2ccccc2)cc1. The zero-order valence-corrected chi connectivity index (χ0v) is 28.3. The van der Waals surface area contributed by atoms with E-state index in [2.05, 4.69) is 191 Å². The molecule has 0 radical (unpaired) electrons. The van der Waals surface area contributed by atoms with Gasteiger partial charge in [-0.25, -0.2) is 9.50 Å². The molecule has 4 nitrogen and oxygen atoms in total. The molecule has 0 saturated carbocycles. The predicted octanol–water partition coefficient (Wildman–Crippen LogP) is 12.2. The number of benzene rings is 7. The monoisotopic (exact) mass is 664 g/mol. The first kappa shape index (κ1) is 29.8. The third-order valence-electron chi connectivity index (χ3n) is 9.95. The van der Waals surface area contributed by atoms with Gasteiger partial charge in [0.1, 0.15) is 11.5 Å². The van der Waals surface area contributed by atoms with Crippen molar-refractivity contribution in [3.8, 4) is 61.8 Å². The second-order valence-electron chi connectivity index (χ2n) is 13.0. The largest absolute Gasteiger partial charge is 0.292 e. The topological polar surface area (TPSA) is 35.1 Å². The number of hydrogen-bond acceptors (Lipinski definition) is 2. The van der Waals surface area contributed by atoms with Gasteiger partial charge in [0.05, 0.1) is 22.2 Å². The molecule has 10 rings (SSSR count). The van der Waals surface area contributed by atoms with E-state index in [1.807, 2.05) is 12.1 Å². The number of aromatic nitrogens is 4. The minimum Gasteiger partial charge on any atom is -0.292 e. The Hall–Kier alpha value is -7.04. The Morgan fingerprint density at radius 1 is 0.385 bits per heavy atom. The second-order valence-corrected chi connectivity index (χ2v) is 13.0. The highest BCUT2D eigenvalue weighted by Crippen LogP contribution is 2.46. The molecular formula is C48H32N4. The molecule has 0 spiro atoms. The van der Waals surface area contributed by atoms with Crippen LogP contribution < -0.4 is 0 Å². The molecule has 0 aliphatic rings. The maximum atomic E-state index is 5.51. The van der Waals surface area contributed by atoms with Gasteiger partial charge in [-0.3, -0.25) is 4.57 Å². The summed E-state index contributed by atoms with van der Waals surface area (Å²) in [6, 6.07) is 68.3. The number of imidazole rings is 1. The summed E-state index contributed by atoms with van der Waals surface area (Å²) >= 11 is 0. The lowest BCUT2D eigenvalue weighted by Gasteiger charge is -2.18. The second kappa shape index (κ2) is 12.4. The lowest BCUT2D eigenvalue weighted by molar-refractivity contribution is 0.981. The Balaban J connectivity index is 1.26. The summed E-state index contributed by atoms with van der Waals surface area (Å²) in [4.78, 5) is 5.14. The molecule has 0 unspecified atom stereocenters. The maximum Gasteiger partial charge on any atom is 0.145 e. The first-order valence-electron chi connectivity index (χ1n) is 17.6. The fraction of sp³-hybridized carbons (Fsp3) is 0. The minimum atomic E-state index is 0.912. The first-order chi connectivity index (χ1) is 25.8. The molecule has 7 aromatic carbocycles. The van der Waals surface area contributed by atoms with E-state index < -0.39 is 0 Å². The number of para-hydroxylation sites is 3. The van der Waals surface area contributed by atoms with E-state index in [-0.39, 0.29) is 0 Å². The van der Waals surface area contributed by atoms with E-state index in [9.17, 15) is 0 Å². The van der Waals surface area contributed by atoms with Crippen molar-refractivity contribution in [2.24, 2.45) is 0 Å². The summed E-state index contributed by atoms with van der Waals surface area (Å²) in [7, 11) is 0. The molecule has 0 amide bonds. The molecule has 3 heterocycles.